The number of fused-ring (bicyclic) bond motifs is 1. The van der Waals surface area contributed by atoms with E-state index in [1.807, 2.05) is 50.8 Å². The molecule has 0 bridgehead atoms. The Bertz CT molecular complexity index is 1360. The molecule has 5 rings (SSSR count). The molecule has 2 aliphatic rings. The van der Waals surface area contributed by atoms with Crippen LogP contribution in [-0.2, 0) is 23.9 Å². The van der Waals surface area contributed by atoms with Crippen molar-refractivity contribution in [2.75, 3.05) is 18.0 Å². The Morgan fingerprint density at radius 2 is 1.79 bits per heavy atom. The normalized spacial score (nSPS) is 18.2. The molecule has 1 saturated heterocycles. The van der Waals surface area contributed by atoms with Crippen molar-refractivity contribution in [2.45, 2.75) is 77.7 Å². The number of carbonyl (C=O) groups is 1. The fourth-order valence-corrected chi connectivity index (χ4v) is 5.23. The molecule has 39 heavy (non-hydrogen) atoms. The van der Waals surface area contributed by atoms with Crippen LogP contribution in [0.2, 0.25) is 0 Å². The van der Waals surface area contributed by atoms with Gasteiger partial charge < -0.3 is 19.1 Å². The summed E-state index contributed by atoms with van der Waals surface area (Å²) in [6, 6.07) is 9.95. The van der Waals surface area contributed by atoms with Crippen LogP contribution in [0.3, 0.4) is 0 Å². The summed E-state index contributed by atoms with van der Waals surface area (Å²) in [6.07, 6.45) is -1.47. The number of nitrogens with zero attached hydrogens (tertiary/aromatic N) is 4. The minimum Gasteiger partial charge on any atom is -0.444 e. The van der Waals surface area contributed by atoms with E-state index in [0.717, 1.165) is 36.5 Å². The Balaban J connectivity index is 1.37. The fourth-order valence-electron chi connectivity index (χ4n) is 5.23. The van der Waals surface area contributed by atoms with Gasteiger partial charge in [-0.3, -0.25) is 0 Å². The largest absolute Gasteiger partial charge is 0.444 e. The van der Waals surface area contributed by atoms with Crippen LogP contribution < -0.4 is 4.90 Å². The minimum atomic E-state index is -4.52. The second-order valence-corrected chi connectivity index (χ2v) is 11.3. The number of anilines is 1. The second kappa shape index (κ2) is 10.2. The highest BCUT2D eigenvalue weighted by molar-refractivity contribution is 5.70. The zero-order valence-electron chi connectivity index (χ0n) is 22.6. The summed E-state index contributed by atoms with van der Waals surface area (Å²) in [5, 5.41) is 4.05. The standard InChI is InChI=1S/C29H33F3N4O3/c1-18-7-5-6-13-36(18)24-11-10-21(16-23(24)29(30,31)32)26-33-25(34-39-26)20-8-9-22-17-35(14-12-19(22)15-20)27(37)38-28(2,3)4/h8-11,15-16,18H,5-7,12-14,17H2,1-4H3. The Kier molecular flexibility index (Phi) is 7.07. The summed E-state index contributed by atoms with van der Waals surface area (Å²) in [4.78, 5) is 20.4. The first-order chi connectivity index (χ1) is 18.4. The van der Waals surface area contributed by atoms with Gasteiger partial charge in [-0.25, -0.2) is 4.79 Å². The molecule has 2 aliphatic heterocycles. The highest BCUT2D eigenvalue weighted by Crippen LogP contribution is 2.41. The lowest BCUT2D eigenvalue weighted by Crippen LogP contribution is -2.39. The number of alkyl halides is 3. The number of rotatable bonds is 3. The maximum atomic E-state index is 14.1. The van der Waals surface area contributed by atoms with Gasteiger partial charge in [-0.2, -0.15) is 18.2 Å². The quantitative estimate of drug-likeness (QED) is 0.352. The van der Waals surface area contributed by atoms with Gasteiger partial charge in [0.2, 0.25) is 5.82 Å². The Morgan fingerprint density at radius 1 is 1.03 bits per heavy atom. The van der Waals surface area contributed by atoms with Gasteiger partial charge in [-0.1, -0.05) is 17.3 Å². The van der Waals surface area contributed by atoms with Crippen LogP contribution in [0.4, 0.5) is 23.7 Å². The van der Waals surface area contributed by atoms with Gasteiger partial charge in [-0.05, 0) is 88.8 Å². The minimum absolute atomic E-state index is 0.0302. The first-order valence-electron chi connectivity index (χ1n) is 13.3. The van der Waals surface area contributed by atoms with Crippen molar-refractivity contribution in [3.8, 4) is 22.8 Å². The van der Waals surface area contributed by atoms with Crippen molar-refractivity contribution in [1.82, 2.24) is 15.0 Å². The number of carbonyl (C=O) groups excluding carboxylic acids is 1. The van der Waals surface area contributed by atoms with E-state index >= 15 is 0 Å². The SMILES string of the molecule is CC1CCCCN1c1ccc(-c2nc(-c3ccc4c(c3)CCN(C(=O)OC(C)(C)C)C4)no2)cc1C(F)(F)F. The van der Waals surface area contributed by atoms with Crippen LogP contribution in [0.25, 0.3) is 22.8 Å². The van der Waals surface area contributed by atoms with Crippen LogP contribution in [0.15, 0.2) is 40.9 Å². The number of hydrogen-bond donors (Lipinski definition) is 0. The molecule has 1 fully saturated rings. The molecule has 1 unspecified atom stereocenters. The third-order valence-corrected chi connectivity index (χ3v) is 7.22. The van der Waals surface area contributed by atoms with Gasteiger partial charge in [0.05, 0.1) is 5.56 Å². The summed E-state index contributed by atoms with van der Waals surface area (Å²) in [6.45, 7) is 9.02. The number of halogens is 3. The average molecular weight is 543 g/mol. The van der Waals surface area contributed by atoms with Gasteiger partial charge in [0.1, 0.15) is 5.60 Å². The van der Waals surface area contributed by atoms with E-state index in [1.165, 1.54) is 6.07 Å². The van der Waals surface area contributed by atoms with Crippen LogP contribution in [0.1, 0.15) is 63.6 Å². The number of benzene rings is 2. The molecule has 3 heterocycles. The Morgan fingerprint density at radius 3 is 2.51 bits per heavy atom. The second-order valence-electron chi connectivity index (χ2n) is 11.3. The van der Waals surface area contributed by atoms with E-state index in [9.17, 15) is 18.0 Å². The average Bonchev–Trinajstić information content (AvgIpc) is 3.37. The predicted molar refractivity (Wildman–Crippen MR) is 141 cm³/mol. The maximum absolute atomic E-state index is 14.1. The molecule has 0 saturated carbocycles. The van der Waals surface area contributed by atoms with Crippen LogP contribution in [-0.4, -0.2) is 45.9 Å². The lowest BCUT2D eigenvalue weighted by atomic mass is 9.97. The lowest BCUT2D eigenvalue weighted by molar-refractivity contribution is -0.137. The highest BCUT2D eigenvalue weighted by atomic mass is 19.4. The van der Waals surface area contributed by atoms with E-state index in [0.29, 0.717) is 37.4 Å². The van der Waals surface area contributed by atoms with Gasteiger partial charge >= 0.3 is 12.3 Å². The molecule has 7 nitrogen and oxygen atoms in total. The van der Waals surface area contributed by atoms with Crippen molar-refractivity contribution in [1.29, 1.82) is 0 Å². The first-order valence-corrected chi connectivity index (χ1v) is 13.3. The van der Waals surface area contributed by atoms with E-state index in [4.69, 9.17) is 9.26 Å². The Labute approximate surface area is 225 Å². The third kappa shape index (κ3) is 5.89. The zero-order chi connectivity index (χ0) is 27.9. The molecule has 0 radical (unpaired) electrons. The van der Waals surface area contributed by atoms with E-state index in [-0.39, 0.29) is 29.3 Å². The molecule has 1 aromatic heterocycles. The molecule has 0 spiro atoms. The van der Waals surface area contributed by atoms with E-state index in [2.05, 4.69) is 10.1 Å². The van der Waals surface area contributed by atoms with Crippen molar-refractivity contribution in [3.05, 3.63) is 53.1 Å². The summed E-state index contributed by atoms with van der Waals surface area (Å²) < 4.78 is 53.2. The number of piperidine rings is 1. The fraction of sp³-hybridized carbons (Fsp3) is 0.483. The molecule has 2 aromatic carbocycles. The molecule has 208 valence electrons. The van der Waals surface area contributed by atoms with Gasteiger partial charge in [-0.15, -0.1) is 0 Å². The first kappa shape index (κ1) is 27.0. The zero-order valence-corrected chi connectivity index (χ0v) is 22.6. The monoisotopic (exact) mass is 542 g/mol. The molecule has 1 amide bonds. The van der Waals surface area contributed by atoms with Crippen molar-refractivity contribution < 1.29 is 27.2 Å². The van der Waals surface area contributed by atoms with Crippen LogP contribution in [0.5, 0.6) is 0 Å². The van der Waals surface area contributed by atoms with Crippen molar-refractivity contribution in [3.63, 3.8) is 0 Å². The van der Waals surface area contributed by atoms with Gasteiger partial charge in [0, 0.05) is 42.5 Å². The molecule has 10 heteroatoms. The summed E-state index contributed by atoms with van der Waals surface area (Å²) in [7, 11) is 0. The number of aromatic nitrogens is 2. The topological polar surface area (TPSA) is 71.7 Å². The molecule has 0 N–H and O–H groups in total. The number of hydrogen-bond acceptors (Lipinski definition) is 6. The van der Waals surface area contributed by atoms with Gasteiger partial charge in [0.25, 0.3) is 5.89 Å². The van der Waals surface area contributed by atoms with Gasteiger partial charge in [0.15, 0.2) is 0 Å². The number of ether oxygens (including phenoxy) is 1. The van der Waals surface area contributed by atoms with Crippen molar-refractivity contribution in [2.24, 2.45) is 0 Å². The van der Waals surface area contributed by atoms with E-state index in [1.54, 1.807) is 11.0 Å². The highest BCUT2D eigenvalue weighted by Gasteiger charge is 2.37. The predicted octanol–water partition coefficient (Wildman–Crippen LogP) is 7.09. The molecular weight excluding hydrogens is 509 g/mol. The number of amides is 1. The summed E-state index contributed by atoms with van der Waals surface area (Å²) in [5.74, 6) is 0.326. The smallest absolute Gasteiger partial charge is 0.418 e. The Hall–Kier alpha value is -3.56. The van der Waals surface area contributed by atoms with Crippen molar-refractivity contribution >= 4 is 11.8 Å². The van der Waals surface area contributed by atoms with Crippen LogP contribution >= 0.6 is 0 Å². The van der Waals surface area contributed by atoms with E-state index < -0.39 is 17.3 Å². The molecule has 1 atom stereocenters. The molecular formula is C29H33F3N4O3. The summed E-state index contributed by atoms with van der Waals surface area (Å²) in [5.41, 5.74) is 1.90. The maximum Gasteiger partial charge on any atom is 0.418 e. The molecule has 0 aliphatic carbocycles. The molecule has 3 aromatic rings. The lowest BCUT2D eigenvalue weighted by Gasteiger charge is -2.37. The summed E-state index contributed by atoms with van der Waals surface area (Å²) >= 11 is 0. The third-order valence-electron chi connectivity index (χ3n) is 7.22. The van der Waals surface area contributed by atoms with Crippen LogP contribution in [0, 0.1) is 0 Å².